The Morgan fingerprint density at radius 2 is 1.33 bits per heavy atom. The Balaban J connectivity index is 1.96. The first-order valence-electron chi connectivity index (χ1n) is 8.42. The summed E-state index contributed by atoms with van der Waals surface area (Å²) >= 11 is 0. The molecule has 0 atom stereocenters. The molecule has 0 aliphatic heterocycles. The first-order chi connectivity index (χ1) is 12.8. The molecule has 1 N–H and O–H groups in total. The maximum Gasteiger partial charge on any atom is 0.182 e. The standard InChI is InChI=1S/C21H24N4O2/c1-24(2)20-11-7-16(14-22-20)5-9-18(26)13-19(27)10-6-17-8-12-21(23-15-17)25(3)4/h5-15,26H,1-4H3/b9-5+,10-6+,18-13?. The molecule has 0 saturated carbocycles. The van der Waals surface area contributed by atoms with E-state index in [0.29, 0.717) is 0 Å². The number of aliphatic hydroxyl groups is 1. The number of pyridine rings is 2. The van der Waals surface area contributed by atoms with Gasteiger partial charge in [-0.15, -0.1) is 0 Å². The molecule has 6 nitrogen and oxygen atoms in total. The molecular weight excluding hydrogens is 340 g/mol. The normalized spacial score (nSPS) is 11.9. The second-order valence-electron chi connectivity index (χ2n) is 6.33. The molecule has 2 aromatic rings. The smallest absolute Gasteiger partial charge is 0.182 e. The van der Waals surface area contributed by atoms with Crippen molar-refractivity contribution < 1.29 is 9.90 Å². The molecular formula is C21H24N4O2. The highest BCUT2D eigenvalue weighted by Gasteiger charge is 1.98. The lowest BCUT2D eigenvalue weighted by atomic mass is 10.2. The Kier molecular flexibility index (Phi) is 6.88. The van der Waals surface area contributed by atoms with E-state index in [1.165, 1.54) is 12.2 Å². The fraction of sp³-hybridized carbons (Fsp3) is 0.190. The van der Waals surface area contributed by atoms with E-state index in [9.17, 15) is 9.90 Å². The van der Waals surface area contributed by atoms with Crippen molar-refractivity contribution in [1.82, 2.24) is 9.97 Å². The van der Waals surface area contributed by atoms with Gasteiger partial charge in [0.2, 0.25) is 0 Å². The largest absolute Gasteiger partial charge is 0.508 e. The summed E-state index contributed by atoms with van der Waals surface area (Å²) in [7, 11) is 7.65. The fourth-order valence-electron chi connectivity index (χ4n) is 2.12. The topological polar surface area (TPSA) is 69.6 Å². The van der Waals surface area contributed by atoms with Crippen LogP contribution in [0.2, 0.25) is 0 Å². The summed E-state index contributed by atoms with van der Waals surface area (Å²) in [6.07, 6.45) is 10.8. The fourth-order valence-corrected chi connectivity index (χ4v) is 2.12. The SMILES string of the molecule is CN(C)c1ccc(/C=C/C(=O)C=C(O)/C=C/c2ccc(N(C)C)nc2)cn1. The minimum Gasteiger partial charge on any atom is -0.508 e. The van der Waals surface area contributed by atoms with Gasteiger partial charge >= 0.3 is 0 Å². The summed E-state index contributed by atoms with van der Waals surface area (Å²) in [5.74, 6) is 1.26. The van der Waals surface area contributed by atoms with E-state index in [4.69, 9.17) is 0 Å². The van der Waals surface area contributed by atoms with Crippen LogP contribution in [0.15, 0.2) is 60.6 Å². The Morgan fingerprint density at radius 3 is 1.74 bits per heavy atom. The van der Waals surface area contributed by atoms with E-state index in [0.717, 1.165) is 28.8 Å². The number of hydrogen-bond acceptors (Lipinski definition) is 6. The lowest BCUT2D eigenvalue weighted by Gasteiger charge is -2.10. The van der Waals surface area contributed by atoms with Crippen molar-refractivity contribution in [3.8, 4) is 0 Å². The van der Waals surface area contributed by atoms with Gasteiger partial charge in [-0.25, -0.2) is 9.97 Å². The van der Waals surface area contributed by atoms with Crippen LogP contribution in [-0.2, 0) is 4.79 Å². The van der Waals surface area contributed by atoms with Gasteiger partial charge in [0, 0.05) is 46.7 Å². The Morgan fingerprint density at radius 1 is 0.852 bits per heavy atom. The third kappa shape index (κ3) is 6.43. The predicted octanol–water partition coefficient (Wildman–Crippen LogP) is 3.35. The number of anilines is 2. The molecule has 0 fully saturated rings. The number of rotatable bonds is 7. The van der Waals surface area contributed by atoms with Crippen LogP contribution >= 0.6 is 0 Å². The number of aromatic nitrogens is 2. The van der Waals surface area contributed by atoms with Crippen LogP contribution in [0.25, 0.3) is 12.2 Å². The molecule has 0 unspecified atom stereocenters. The number of hydrogen-bond donors (Lipinski definition) is 1. The lowest BCUT2D eigenvalue weighted by molar-refractivity contribution is -0.110. The van der Waals surface area contributed by atoms with Crippen LogP contribution in [0.5, 0.6) is 0 Å². The monoisotopic (exact) mass is 364 g/mol. The number of carbonyl (C=O) groups excluding carboxylic acids is 1. The Labute approximate surface area is 159 Å². The molecule has 2 rings (SSSR count). The van der Waals surface area contributed by atoms with E-state index < -0.39 is 0 Å². The highest BCUT2D eigenvalue weighted by atomic mass is 16.3. The van der Waals surface area contributed by atoms with Crippen LogP contribution in [0.1, 0.15) is 11.1 Å². The summed E-state index contributed by atoms with van der Waals surface area (Å²) in [5, 5.41) is 9.89. The van der Waals surface area contributed by atoms with Gasteiger partial charge in [-0.3, -0.25) is 4.79 Å². The number of allylic oxidation sites excluding steroid dienone is 3. The molecule has 0 radical (unpaired) electrons. The van der Waals surface area contributed by atoms with E-state index in [2.05, 4.69) is 9.97 Å². The van der Waals surface area contributed by atoms with Crippen LogP contribution in [0.3, 0.4) is 0 Å². The number of aliphatic hydroxyl groups excluding tert-OH is 1. The summed E-state index contributed by atoms with van der Waals surface area (Å²) in [5.41, 5.74) is 1.64. The van der Waals surface area contributed by atoms with Gasteiger partial charge in [0.1, 0.15) is 17.4 Å². The predicted molar refractivity (Wildman–Crippen MR) is 111 cm³/mol. The average Bonchev–Trinajstić information content (AvgIpc) is 2.65. The first-order valence-corrected chi connectivity index (χ1v) is 8.42. The number of ketones is 1. The zero-order chi connectivity index (χ0) is 19.8. The third-order valence-corrected chi connectivity index (χ3v) is 3.63. The quantitative estimate of drug-likeness (QED) is 0.462. The van der Waals surface area contributed by atoms with Crippen molar-refractivity contribution >= 4 is 29.6 Å². The van der Waals surface area contributed by atoms with Gasteiger partial charge in [-0.05, 0) is 59.7 Å². The summed E-state index contributed by atoms with van der Waals surface area (Å²) < 4.78 is 0. The van der Waals surface area contributed by atoms with Crippen molar-refractivity contribution in [3.63, 3.8) is 0 Å². The highest BCUT2D eigenvalue weighted by molar-refractivity contribution is 6.02. The van der Waals surface area contributed by atoms with Crippen LogP contribution < -0.4 is 9.80 Å². The molecule has 0 bridgehead atoms. The van der Waals surface area contributed by atoms with Gasteiger partial charge in [0.05, 0.1) is 0 Å². The molecule has 27 heavy (non-hydrogen) atoms. The number of nitrogens with zero attached hydrogens (tertiary/aromatic N) is 4. The van der Waals surface area contributed by atoms with Crippen molar-refractivity contribution in [2.45, 2.75) is 0 Å². The van der Waals surface area contributed by atoms with Crippen LogP contribution in [-0.4, -0.2) is 49.0 Å². The average molecular weight is 364 g/mol. The third-order valence-electron chi connectivity index (χ3n) is 3.63. The van der Waals surface area contributed by atoms with Crippen molar-refractivity contribution in [3.05, 3.63) is 71.8 Å². The molecule has 0 aliphatic rings. The molecule has 0 aromatic carbocycles. The minimum absolute atomic E-state index is 0.123. The van der Waals surface area contributed by atoms with E-state index in [-0.39, 0.29) is 11.5 Å². The molecule has 2 heterocycles. The molecule has 140 valence electrons. The van der Waals surface area contributed by atoms with Crippen LogP contribution in [0, 0.1) is 0 Å². The zero-order valence-corrected chi connectivity index (χ0v) is 16.0. The Bertz CT molecular complexity index is 849. The minimum atomic E-state index is -0.310. The maximum atomic E-state index is 11.9. The second-order valence-corrected chi connectivity index (χ2v) is 6.33. The molecule has 0 aliphatic carbocycles. The summed E-state index contributed by atoms with van der Waals surface area (Å²) in [6, 6.07) is 7.51. The van der Waals surface area contributed by atoms with Gasteiger partial charge in [-0.2, -0.15) is 0 Å². The summed E-state index contributed by atoms with van der Waals surface area (Å²) in [4.78, 5) is 24.3. The molecule has 0 amide bonds. The van der Waals surface area contributed by atoms with Gasteiger partial charge in [0.15, 0.2) is 5.78 Å². The molecule has 0 saturated heterocycles. The maximum absolute atomic E-state index is 11.9. The van der Waals surface area contributed by atoms with Crippen LogP contribution in [0.4, 0.5) is 11.6 Å². The van der Waals surface area contributed by atoms with E-state index in [1.807, 2.05) is 62.3 Å². The molecule has 2 aromatic heterocycles. The molecule has 0 spiro atoms. The van der Waals surface area contributed by atoms with E-state index >= 15 is 0 Å². The number of carbonyl (C=O) groups is 1. The first kappa shape index (κ1) is 19.9. The summed E-state index contributed by atoms with van der Waals surface area (Å²) in [6.45, 7) is 0. The van der Waals surface area contributed by atoms with Gasteiger partial charge < -0.3 is 14.9 Å². The Hall–Kier alpha value is -3.41. The second kappa shape index (κ2) is 9.33. The van der Waals surface area contributed by atoms with Crippen molar-refractivity contribution in [2.75, 3.05) is 38.0 Å². The van der Waals surface area contributed by atoms with Crippen molar-refractivity contribution in [1.29, 1.82) is 0 Å². The zero-order valence-electron chi connectivity index (χ0n) is 16.0. The van der Waals surface area contributed by atoms with Crippen molar-refractivity contribution in [2.24, 2.45) is 0 Å². The lowest BCUT2D eigenvalue weighted by Crippen LogP contribution is -2.09. The van der Waals surface area contributed by atoms with Gasteiger partial charge in [0.25, 0.3) is 0 Å². The highest BCUT2D eigenvalue weighted by Crippen LogP contribution is 2.11. The van der Waals surface area contributed by atoms with E-state index in [1.54, 1.807) is 24.5 Å². The van der Waals surface area contributed by atoms with Gasteiger partial charge in [-0.1, -0.05) is 0 Å². The molecule has 6 heteroatoms.